The lowest BCUT2D eigenvalue weighted by atomic mass is 10.2. The second kappa shape index (κ2) is 9.96. The summed E-state index contributed by atoms with van der Waals surface area (Å²) in [4.78, 5) is 28.4. The van der Waals surface area contributed by atoms with Crippen LogP contribution in [0, 0.1) is 5.82 Å². The Bertz CT molecular complexity index is 898. The first-order chi connectivity index (χ1) is 14.5. The van der Waals surface area contributed by atoms with Gasteiger partial charge in [0.2, 0.25) is 0 Å². The lowest BCUT2D eigenvalue weighted by molar-refractivity contribution is -0.143. The molecule has 0 aliphatic carbocycles. The zero-order valence-corrected chi connectivity index (χ0v) is 17.2. The molecular weight excluding hydrogens is 389 g/mol. The molecule has 1 aliphatic rings. The summed E-state index contributed by atoms with van der Waals surface area (Å²) in [6, 6.07) is 11.5. The topological polar surface area (TPSA) is 71.1 Å². The van der Waals surface area contributed by atoms with E-state index < -0.39 is 11.8 Å². The first kappa shape index (κ1) is 21.4. The summed E-state index contributed by atoms with van der Waals surface area (Å²) in [6.45, 7) is 6.25. The Balaban J connectivity index is 1.59. The molecule has 1 fully saturated rings. The molecular formula is C22H26FN3O4. The molecule has 30 heavy (non-hydrogen) atoms. The number of ether oxygens (including phenoxy) is 2. The van der Waals surface area contributed by atoms with E-state index in [1.165, 1.54) is 11.0 Å². The molecule has 1 saturated heterocycles. The van der Waals surface area contributed by atoms with E-state index in [2.05, 4.69) is 5.32 Å². The van der Waals surface area contributed by atoms with Gasteiger partial charge in [0.05, 0.1) is 18.9 Å². The van der Waals surface area contributed by atoms with Crippen molar-refractivity contribution in [3.05, 3.63) is 48.3 Å². The average molecular weight is 415 g/mol. The SMILES string of the molecule is CCOc1ccc(NC(=O)C(=O)N2CCN(c3ccccc3F)CC2)cc1OCC. The smallest absolute Gasteiger partial charge is 0.313 e. The summed E-state index contributed by atoms with van der Waals surface area (Å²) in [5, 5.41) is 2.62. The normalized spacial score (nSPS) is 13.7. The maximum absolute atomic E-state index is 14.0. The van der Waals surface area contributed by atoms with Crippen molar-refractivity contribution < 1.29 is 23.5 Å². The Morgan fingerprint density at radius 3 is 2.30 bits per heavy atom. The number of hydrogen-bond acceptors (Lipinski definition) is 5. The van der Waals surface area contributed by atoms with Crippen LogP contribution in [0.4, 0.5) is 15.8 Å². The van der Waals surface area contributed by atoms with Crippen LogP contribution in [0.15, 0.2) is 42.5 Å². The minimum atomic E-state index is -0.721. The largest absolute Gasteiger partial charge is 0.490 e. The summed E-state index contributed by atoms with van der Waals surface area (Å²) >= 11 is 0. The van der Waals surface area contributed by atoms with Crippen molar-refractivity contribution in [1.82, 2.24) is 4.90 Å². The molecule has 0 unspecified atom stereocenters. The van der Waals surface area contributed by atoms with E-state index in [0.29, 0.717) is 62.3 Å². The Morgan fingerprint density at radius 1 is 0.967 bits per heavy atom. The van der Waals surface area contributed by atoms with Crippen molar-refractivity contribution in [2.24, 2.45) is 0 Å². The van der Waals surface area contributed by atoms with Crippen LogP contribution in [0.2, 0.25) is 0 Å². The van der Waals surface area contributed by atoms with Crippen LogP contribution in [0.25, 0.3) is 0 Å². The molecule has 0 spiro atoms. The van der Waals surface area contributed by atoms with Gasteiger partial charge in [-0.15, -0.1) is 0 Å². The molecule has 2 aromatic carbocycles. The maximum Gasteiger partial charge on any atom is 0.313 e. The third-order valence-corrected chi connectivity index (χ3v) is 4.76. The molecule has 0 aromatic heterocycles. The van der Waals surface area contributed by atoms with Gasteiger partial charge in [-0.25, -0.2) is 4.39 Å². The molecule has 0 atom stereocenters. The molecule has 3 rings (SSSR count). The zero-order valence-electron chi connectivity index (χ0n) is 17.2. The number of nitrogens with one attached hydrogen (secondary N) is 1. The molecule has 0 bridgehead atoms. The van der Waals surface area contributed by atoms with Crippen molar-refractivity contribution in [3.8, 4) is 11.5 Å². The van der Waals surface area contributed by atoms with Crippen molar-refractivity contribution in [2.75, 3.05) is 49.6 Å². The van der Waals surface area contributed by atoms with Crippen LogP contribution < -0.4 is 19.7 Å². The molecule has 1 aliphatic heterocycles. The third kappa shape index (κ3) is 5.00. The third-order valence-electron chi connectivity index (χ3n) is 4.76. The predicted octanol–water partition coefficient (Wildman–Crippen LogP) is 2.91. The summed E-state index contributed by atoms with van der Waals surface area (Å²) < 4.78 is 25.0. The fourth-order valence-corrected chi connectivity index (χ4v) is 3.32. The fraction of sp³-hybridized carbons (Fsp3) is 0.364. The molecule has 7 nitrogen and oxygen atoms in total. The van der Waals surface area contributed by atoms with Gasteiger partial charge in [-0.1, -0.05) is 12.1 Å². The standard InChI is InChI=1S/C22H26FN3O4/c1-3-29-19-10-9-16(15-20(19)30-4-2)24-21(27)22(28)26-13-11-25(12-14-26)18-8-6-5-7-17(18)23/h5-10,15H,3-4,11-14H2,1-2H3,(H,24,27). The lowest BCUT2D eigenvalue weighted by Gasteiger charge is -2.35. The summed E-state index contributed by atoms with van der Waals surface area (Å²) in [5.74, 6) is -0.553. The van der Waals surface area contributed by atoms with E-state index >= 15 is 0 Å². The van der Waals surface area contributed by atoms with Gasteiger partial charge in [0.25, 0.3) is 0 Å². The minimum absolute atomic E-state index is 0.296. The number of nitrogens with zero attached hydrogens (tertiary/aromatic N) is 2. The van der Waals surface area contributed by atoms with Gasteiger partial charge in [-0.05, 0) is 38.1 Å². The quantitative estimate of drug-likeness (QED) is 0.735. The number of rotatable bonds is 6. The molecule has 1 heterocycles. The van der Waals surface area contributed by atoms with E-state index in [4.69, 9.17) is 9.47 Å². The monoisotopic (exact) mass is 415 g/mol. The highest BCUT2D eigenvalue weighted by Gasteiger charge is 2.27. The summed E-state index contributed by atoms with van der Waals surface area (Å²) in [5.41, 5.74) is 0.956. The van der Waals surface area contributed by atoms with E-state index in [1.54, 1.807) is 36.4 Å². The van der Waals surface area contributed by atoms with Crippen molar-refractivity contribution in [3.63, 3.8) is 0 Å². The first-order valence-corrected chi connectivity index (χ1v) is 10.0. The number of piperazine rings is 1. The van der Waals surface area contributed by atoms with E-state index in [0.717, 1.165) is 0 Å². The van der Waals surface area contributed by atoms with Gasteiger partial charge in [0.15, 0.2) is 11.5 Å². The van der Waals surface area contributed by atoms with Crippen molar-refractivity contribution >= 4 is 23.2 Å². The number of benzene rings is 2. The number of anilines is 2. The first-order valence-electron chi connectivity index (χ1n) is 10.0. The van der Waals surface area contributed by atoms with Gasteiger partial charge >= 0.3 is 11.8 Å². The Labute approximate surface area is 175 Å². The predicted molar refractivity (Wildman–Crippen MR) is 113 cm³/mol. The van der Waals surface area contributed by atoms with Gasteiger partial charge in [0.1, 0.15) is 5.82 Å². The minimum Gasteiger partial charge on any atom is -0.490 e. The summed E-state index contributed by atoms with van der Waals surface area (Å²) in [7, 11) is 0. The van der Waals surface area contributed by atoms with Gasteiger partial charge < -0.3 is 24.6 Å². The average Bonchev–Trinajstić information content (AvgIpc) is 2.76. The van der Waals surface area contributed by atoms with Crippen LogP contribution in [-0.4, -0.2) is 56.1 Å². The van der Waals surface area contributed by atoms with Crippen molar-refractivity contribution in [1.29, 1.82) is 0 Å². The number of carbonyl (C=O) groups excluding carboxylic acids is 2. The van der Waals surface area contributed by atoms with Crippen LogP contribution in [-0.2, 0) is 9.59 Å². The fourth-order valence-electron chi connectivity index (χ4n) is 3.32. The molecule has 0 radical (unpaired) electrons. The molecule has 2 aromatic rings. The molecule has 8 heteroatoms. The number of carbonyl (C=O) groups is 2. The lowest BCUT2D eigenvalue weighted by Crippen LogP contribution is -2.51. The number of halogens is 1. The number of amides is 2. The maximum atomic E-state index is 14.0. The highest BCUT2D eigenvalue weighted by molar-refractivity contribution is 6.39. The second-order valence-electron chi connectivity index (χ2n) is 6.71. The van der Waals surface area contributed by atoms with Gasteiger partial charge in [-0.2, -0.15) is 0 Å². The summed E-state index contributed by atoms with van der Waals surface area (Å²) in [6.07, 6.45) is 0. The van der Waals surface area contributed by atoms with Crippen LogP contribution in [0.1, 0.15) is 13.8 Å². The molecule has 160 valence electrons. The molecule has 2 amide bonds. The number of para-hydroxylation sites is 1. The van der Waals surface area contributed by atoms with Crippen LogP contribution >= 0.6 is 0 Å². The molecule has 0 saturated carbocycles. The van der Waals surface area contributed by atoms with Crippen molar-refractivity contribution in [2.45, 2.75) is 13.8 Å². The molecule has 1 N–H and O–H groups in total. The van der Waals surface area contributed by atoms with E-state index in [-0.39, 0.29) is 5.82 Å². The highest BCUT2D eigenvalue weighted by Crippen LogP contribution is 2.30. The Morgan fingerprint density at radius 2 is 1.63 bits per heavy atom. The van der Waals surface area contributed by atoms with Gasteiger partial charge in [0, 0.05) is 37.9 Å². The van der Waals surface area contributed by atoms with Crippen LogP contribution in [0.3, 0.4) is 0 Å². The van der Waals surface area contributed by atoms with E-state index in [9.17, 15) is 14.0 Å². The Hall–Kier alpha value is -3.29. The zero-order chi connectivity index (χ0) is 21.5. The second-order valence-corrected chi connectivity index (χ2v) is 6.71. The van der Waals surface area contributed by atoms with Gasteiger partial charge in [-0.3, -0.25) is 9.59 Å². The number of hydrogen-bond donors (Lipinski definition) is 1. The highest BCUT2D eigenvalue weighted by atomic mass is 19.1. The van der Waals surface area contributed by atoms with E-state index in [1.807, 2.05) is 18.7 Å². The van der Waals surface area contributed by atoms with Crippen LogP contribution in [0.5, 0.6) is 11.5 Å². The Kier molecular flexibility index (Phi) is 7.11.